The standard InChI is InChI=1S/C19H26FN3O2S/c1-14(2)10-21-19(22-11-15-6-8-26(24,25)13-15)23-7-5-16-3-4-18(20)9-17(16)12-23/h3-4,9,15H,1,5-8,10-13H2,2H3,(H,21,22). The van der Waals surface area contributed by atoms with Gasteiger partial charge in [0.1, 0.15) is 5.82 Å². The molecular formula is C19H26FN3O2S. The largest absolute Gasteiger partial charge is 0.356 e. The molecule has 1 atom stereocenters. The minimum atomic E-state index is -2.89. The fraction of sp³-hybridized carbons (Fsp3) is 0.526. The van der Waals surface area contributed by atoms with E-state index in [0.29, 0.717) is 26.1 Å². The molecule has 1 unspecified atom stereocenters. The van der Waals surface area contributed by atoms with Crippen molar-refractivity contribution in [2.24, 2.45) is 10.9 Å². The highest BCUT2D eigenvalue weighted by Crippen LogP contribution is 2.21. The van der Waals surface area contributed by atoms with Crippen LogP contribution in [0.2, 0.25) is 0 Å². The Kier molecular flexibility index (Phi) is 5.65. The van der Waals surface area contributed by atoms with Crippen molar-refractivity contribution in [3.05, 3.63) is 47.3 Å². The van der Waals surface area contributed by atoms with Crippen molar-refractivity contribution in [3.63, 3.8) is 0 Å². The Balaban J connectivity index is 1.70. The molecule has 26 heavy (non-hydrogen) atoms. The van der Waals surface area contributed by atoms with Crippen LogP contribution in [0.1, 0.15) is 24.5 Å². The van der Waals surface area contributed by atoms with Gasteiger partial charge in [-0.15, -0.1) is 0 Å². The smallest absolute Gasteiger partial charge is 0.194 e. The fourth-order valence-electron chi connectivity index (χ4n) is 3.45. The summed E-state index contributed by atoms with van der Waals surface area (Å²) in [5.41, 5.74) is 3.10. The maximum atomic E-state index is 13.6. The van der Waals surface area contributed by atoms with Crippen LogP contribution in [-0.4, -0.2) is 50.4 Å². The normalized spacial score (nSPS) is 22.2. The van der Waals surface area contributed by atoms with Gasteiger partial charge in [-0.2, -0.15) is 0 Å². The highest BCUT2D eigenvalue weighted by atomic mass is 32.2. The van der Waals surface area contributed by atoms with Crippen molar-refractivity contribution in [3.8, 4) is 0 Å². The third-order valence-corrected chi connectivity index (χ3v) is 6.69. The van der Waals surface area contributed by atoms with Crippen LogP contribution in [0.3, 0.4) is 0 Å². The lowest BCUT2D eigenvalue weighted by Gasteiger charge is -2.32. The lowest BCUT2D eigenvalue weighted by molar-refractivity contribution is 0.373. The van der Waals surface area contributed by atoms with Crippen LogP contribution in [0.5, 0.6) is 0 Å². The van der Waals surface area contributed by atoms with Crippen LogP contribution in [0.15, 0.2) is 35.3 Å². The maximum Gasteiger partial charge on any atom is 0.194 e. The first-order valence-corrected chi connectivity index (χ1v) is 10.8. The number of nitrogens with zero attached hydrogens (tertiary/aromatic N) is 2. The first kappa shape index (κ1) is 18.9. The van der Waals surface area contributed by atoms with Crippen molar-refractivity contribution in [1.82, 2.24) is 10.2 Å². The summed E-state index contributed by atoms with van der Waals surface area (Å²) in [6.45, 7) is 8.30. The van der Waals surface area contributed by atoms with Crippen LogP contribution < -0.4 is 5.32 Å². The second-order valence-electron chi connectivity index (χ2n) is 7.33. The quantitative estimate of drug-likeness (QED) is 0.495. The zero-order valence-electron chi connectivity index (χ0n) is 15.2. The summed E-state index contributed by atoms with van der Waals surface area (Å²) in [6, 6.07) is 4.94. The molecule has 0 bridgehead atoms. The Bertz CT molecular complexity index is 820. The van der Waals surface area contributed by atoms with E-state index in [-0.39, 0.29) is 23.2 Å². The first-order chi connectivity index (χ1) is 12.3. The van der Waals surface area contributed by atoms with Crippen LogP contribution >= 0.6 is 0 Å². The number of halogens is 1. The molecule has 3 rings (SSSR count). The highest BCUT2D eigenvalue weighted by molar-refractivity contribution is 7.91. The molecule has 2 aliphatic heterocycles. The Labute approximate surface area is 154 Å². The first-order valence-electron chi connectivity index (χ1n) is 8.98. The number of fused-ring (bicyclic) bond motifs is 1. The predicted molar refractivity (Wildman–Crippen MR) is 102 cm³/mol. The van der Waals surface area contributed by atoms with E-state index in [9.17, 15) is 12.8 Å². The van der Waals surface area contributed by atoms with Gasteiger partial charge < -0.3 is 10.2 Å². The Morgan fingerprint density at radius 2 is 2.23 bits per heavy atom. The van der Waals surface area contributed by atoms with E-state index >= 15 is 0 Å². The SMILES string of the molecule is C=C(C)CN=C(NCC1CCS(=O)(=O)C1)N1CCc2ccc(F)cc2C1. The molecule has 0 spiro atoms. The molecule has 1 N–H and O–H groups in total. The second kappa shape index (κ2) is 7.78. The van der Waals surface area contributed by atoms with Crippen molar-refractivity contribution in [2.75, 3.05) is 31.1 Å². The highest BCUT2D eigenvalue weighted by Gasteiger charge is 2.28. The number of rotatable bonds is 4. The van der Waals surface area contributed by atoms with Crippen LogP contribution in [-0.2, 0) is 22.8 Å². The third kappa shape index (κ3) is 4.84. The topological polar surface area (TPSA) is 61.8 Å². The minimum absolute atomic E-state index is 0.115. The summed E-state index contributed by atoms with van der Waals surface area (Å²) in [5.74, 6) is 1.14. The Morgan fingerprint density at radius 3 is 2.92 bits per heavy atom. The fourth-order valence-corrected chi connectivity index (χ4v) is 5.31. The monoisotopic (exact) mass is 379 g/mol. The van der Waals surface area contributed by atoms with E-state index in [1.54, 1.807) is 6.07 Å². The van der Waals surface area contributed by atoms with E-state index in [1.165, 1.54) is 11.6 Å². The van der Waals surface area contributed by atoms with Gasteiger partial charge in [0.15, 0.2) is 15.8 Å². The van der Waals surface area contributed by atoms with Gasteiger partial charge in [-0.1, -0.05) is 18.2 Å². The van der Waals surface area contributed by atoms with Gasteiger partial charge in [-0.05, 0) is 48.9 Å². The van der Waals surface area contributed by atoms with E-state index in [0.717, 1.165) is 30.1 Å². The van der Waals surface area contributed by atoms with Gasteiger partial charge in [-0.25, -0.2) is 17.8 Å². The van der Waals surface area contributed by atoms with Gasteiger partial charge in [0.25, 0.3) is 0 Å². The summed E-state index contributed by atoms with van der Waals surface area (Å²) >= 11 is 0. The minimum Gasteiger partial charge on any atom is -0.356 e. The van der Waals surface area contributed by atoms with Gasteiger partial charge in [-0.3, -0.25) is 0 Å². The van der Waals surface area contributed by atoms with Gasteiger partial charge in [0.2, 0.25) is 0 Å². The van der Waals surface area contributed by atoms with Crippen molar-refractivity contribution in [2.45, 2.75) is 26.3 Å². The second-order valence-corrected chi connectivity index (χ2v) is 9.56. The van der Waals surface area contributed by atoms with Crippen molar-refractivity contribution in [1.29, 1.82) is 0 Å². The Hall–Kier alpha value is -1.89. The van der Waals surface area contributed by atoms with Crippen LogP contribution in [0, 0.1) is 11.7 Å². The molecule has 5 nitrogen and oxygen atoms in total. The zero-order chi connectivity index (χ0) is 18.7. The molecule has 7 heteroatoms. The number of nitrogens with one attached hydrogen (secondary N) is 1. The van der Waals surface area contributed by atoms with Crippen molar-refractivity contribution >= 4 is 15.8 Å². The van der Waals surface area contributed by atoms with Gasteiger partial charge >= 0.3 is 0 Å². The average Bonchev–Trinajstić information content (AvgIpc) is 2.93. The molecule has 0 aromatic heterocycles. The summed E-state index contributed by atoms with van der Waals surface area (Å²) in [7, 11) is -2.89. The zero-order valence-corrected chi connectivity index (χ0v) is 16.0. The molecule has 1 saturated heterocycles. The number of aliphatic imine (C=N–C) groups is 1. The molecule has 142 valence electrons. The van der Waals surface area contributed by atoms with Gasteiger partial charge in [0, 0.05) is 19.6 Å². The summed E-state index contributed by atoms with van der Waals surface area (Å²) < 4.78 is 36.9. The molecule has 0 amide bonds. The van der Waals surface area contributed by atoms with Crippen molar-refractivity contribution < 1.29 is 12.8 Å². The summed E-state index contributed by atoms with van der Waals surface area (Å²) in [4.78, 5) is 6.73. The number of hydrogen-bond acceptors (Lipinski definition) is 3. The van der Waals surface area contributed by atoms with Crippen LogP contribution in [0.25, 0.3) is 0 Å². The predicted octanol–water partition coefficient (Wildman–Crippen LogP) is 2.14. The summed E-state index contributed by atoms with van der Waals surface area (Å²) in [6.07, 6.45) is 1.53. The van der Waals surface area contributed by atoms with E-state index in [2.05, 4.69) is 21.8 Å². The lowest BCUT2D eigenvalue weighted by atomic mass is 10.00. The molecule has 0 saturated carbocycles. The molecule has 0 aliphatic carbocycles. The van der Waals surface area contributed by atoms with E-state index in [1.807, 2.05) is 13.0 Å². The molecule has 1 fully saturated rings. The molecule has 2 heterocycles. The average molecular weight is 380 g/mol. The molecule has 1 aromatic rings. The van der Waals surface area contributed by atoms with E-state index < -0.39 is 9.84 Å². The number of sulfone groups is 1. The third-order valence-electron chi connectivity index (χ3n) is 4.85. The maximum absolute atomic E-state index is 13.6. The number of benzene rings is 1. The number of guanidine groups is 1. The summed E-state index contributed by atoms with van der Waals surface area (Å²) in [5, 5.41) is 3.35. The van der Waals surface area contributed by atoms with Gasteiger partial charge in [0.05, 0.1) is 18.1 Å². The molecule has 0 radical (unpaired) electrons. The molecule has 1 aromatic carbocycles. The Morgan fingerprint density at radius 1 is 1.42 bits per heavy atom. The number of hydrogen-bond donors (Lipinski definition) is 1. The molecule has 2 aliphatic rings. The lowest BCUT2D eigenvalue weighted by Crippen LogP contribution is -2.45. The van der Waals surface area contributed by atoms with E-state index in [4.69, 9.17) is 0 Å². The van der Waals surface area contributed by atoms with Crippen LogP contribution in [0.4, 0.5) is 4.39 Å². The molecular weight excluding hydrogens is 353 g/mol.